The molecule has 0 aliphatic carbocycles. The summed E-state index contributed by atoms with van der Waals surface area (Å²) in [5.74, 6) is 0.880. The molecule has 0 aliphatic heterocycles. The highest BCUT2D eigenvalue weighted by molar-refractivity contribution is 5.75. The highest BCUT2D eigenvalue weighted by Crippen LogP contribution is 2.34. The third-order valence-electron chi connectivity index (χ3n) is 4.72. The second kappa shape index (κ2) is 7.36. The first-order valence-electron chi connectivity index (χ1n) is 9.35. The predicted molar refractivity (Wildman–Crippen MR) is 107 cm³/mol. The molecule has 0 N–H and O–H groups in total. The Labute approximate surface area is 172 Å². The van der Waals surface area contributed by atoms with E-state index >= 15 is 0 Å². The maximum absolute atomic E-state index is 14.6. The van der Waals surface area contributed by atoms with Crippen LogP contribution in [0.5, 0.6) is 11.6 Å². The minimum atomic E-state index is -0.496. The van der Waals surface area contributed by atoms with Crippen LogP contribution in [0.2, 0.25) is 0 Å². The van der Waals surface area contributed by atoms with E-state index in [0.717, 1.165) is 5.56 Å². The molecule has 3 aromatic heterocycles. The molecule has 4 rings (SSSR count). The number of benzene rings is 1. The number of hydrogen-bond acceptors (Lipinski definition) is 7. The summed E-state index contributed by atoms with van der Waals surface area (Å²) in [5, 5.41) is 12.4. The van der Waals surface area contributed by atoms with Crippen LogP contribution in [0.3, 0.4) is 0 Å². The van der Waals surface area contributed by atoms with Gasteiger partial charge in [-0.3, -0.25) is 4.68 Å². The van der Waals surface area contributed by atoms with Crippen LogP contribution in [0.25, 0.3) is 16.9 Å². The number of fused-ring (bicyclic) bond motifs is 1. The molecule has 0 amide bonds. The van der Waals surface area contributed by atoms with Gasteiger partial charge in [0.05, 0.1) is 7.11 Å². The molecule has 156 valence electrons. The Balaban J connectivity index is 1.86. The summed E-state index contributed by atoms with van der Waals surface area (Å²) in [7, 11) is 3.26. The fourth-order valence-electron chi connectivity index (χ4n) is 3.09. The van der Waals surface area contributed by atoms with Crippen LogP contribution in [-0.2, 0) is 19.1 Å². The number of nitrogens with zero attached hydrogens (tertiary/aromatic N) is 7. The summed E-state index contributed by atoms with van der Waals surface area (Å²) < 4.78 is 28.9. The van der Waals surface area contributed by atoms with Crippen LogP contribution in [0, 0.1) is 5.82 Å². The van der Waals surface area contributed by atoms with Crippen molar-refractivity contribution in [2.75, 3.05) is 7.11 Å². The molecule has 0 atom stereocenters. The smallest absolute Gasteiger partial charge is 0.219 e. The summed E-state index contributed by atoms with van der Waals surface area (Å²) in [5.41, 5.74) is 1.61. The number of pyridine rings is 1. The zero-order valence-corrected chi connectivity index (χ0v) is 17.4. The van der Waals surface area contributed by atoms with Crippen LogP contribution < -0.4 is 9.47 Å². The quantitative estimate of drug-likeness (QED) is 0.498. The van der Waals surface area contributed by atoms with E-state index in [4.69, 9.17) is 9.47 Å². The number of methoxy groups -OCH3 is 1. The average Bonchev–Trinajstić information content (AvgIpc) is 3.30. The Morgan fingerprint density at radius 2 is 2.00 bits per heavy atom. The van der Waals surface area contributed by atoms with Gasteiger partial charge >= 0.3 is 0 Å². The van der Waals surface area contributed by atoms with Gasteiger partial charge in [0.1, 0.15) is 29.9 Å². The number of aryl methyl sites for hydroxylation is 1. The summed E-state index contributed by atoms with van der Waals surface area (Å²) in [6.07, 6.45) is 1.46. The van der Waals surface area contributed by atoms with E-state index in [-0.39, 0.29) is 17.7 Å². The van der Waals surface area contributed by atoms with Gasteiger partial charge in [-0.2, -0.15) is 14.8 Å². The van der Waals surface area contributed by atoms with Gasteiger partial charge < -0.3 is 9.47 Å². The first-order valence-corrected chi connectivity index (χ1v) is 9.35. The molecule has 0 bridgehead atoms. The van der Waals surface area contributed by atoms with Crippen molar-refractivity contribution in [3.63, 3.8) is 0 Å². The SMILES string of the molecule is COc1cccc(F)c1-n1nnc2cc(C(C)(C)C)c(OCc3ncnn3C)nc21. The van der Waals surface area contributed by atoms with E-state index in [1.165, 1.54) is 24.2 Å². The van der Waals surface area contributed by atoms with Gasteiger partial charge in [-0.1, -0.05) is 32.1 Å². The maximum Gasteiger partial charge on any atom is 0.219 e. The van der Waals surface area contributed by atoms with Crippen LogP contribution in [-0.4, -0.2) is 41.9 Å². The molecule has 4 aromatic rings. The van der Waals surface area contributed by atoms with Crippen LogP contribution in [0.15, 0.2) is 30.6 Å². The molecule has 1 aromatic carbocycles. The van der Waals surface area contributed by atoms with Gasteiger partial charge in [0.15, 0.2) is 17.3 Å². The van der Waals surface area contributed by atoms with Crippen molar-refractivity contribution in [3.05, 3.63) is 47.8 Å². The van der Waals surface area contributed by atoms with Crippen molar-refractivity contribution in [1.29, 1.82) is 0 Å². The largest absolute Gasteiger partial charge is 0.494 e. The van der Waals surface area contributed by atoms with Gasteiger partial charge in [-0.25, -0.2) is 9.37 Å². The molecule has 9 nitrogen and oxygen atoms in total. The molecule has 0 fully saturated rings. The van der Waals surface area contributed by atoms with Gasteiger partial charge in [-0.15, -0.1) is 5.10 Å². The second-order valence-electron chi connectivity index (χ2n) is 7.81. The molecular formula is C20H22FN7O2. The Morgan fingerprint density at radius 3 is 2.67 bits per heavy atom. The molecule has 0 unspecified atom stereocenters. The molecule has 3 heterocycles. The summed E-state index contributed by atoms with van der Waals surface area (Å²) in [6.45, 7) is 6.34. The number of ether oxygens (including phenoxy) is 2. The van der Waals surface area contributed by atoms with E-state index in [1.54, 1.807) is 23.9 Å². The molecule has 0 radical (unpaired) electrons. The molecule has 0 aliphatic rings. The van der Waals surface area contributed by atoms with Crippen molar-refractivity contribution in [2.45, 2.75) is 32.8 Å². The molecule has 30 heavy (non-hydrogen) atoms. The van der Waals surface area contributed by atoms with E-state index in [2.05, 4.69) is 46.1 Å². The van der Waals surface area contributed by atoms with Gasteiger partial charge in [0.25, 0.3) is 0 Å². The van der Waals surface area contributed by atoms with Crippen molar-refractivity contribution in [2.24, 2.45) is 7.05 Å². The lowest BCUT2D eigenvalue weighted by molar-refractivity contribution is 0.271. The lowest BCUT2D eigenvalue weighted by Crippen LogP contribution is -2.16. The van der Waals surface area contributed by atoms with Gasteiger partial charge in [-0.05, 0) is 23.6 Å². The Kier molecular flexibility index (Phi) is 4.84. The van der Waals surface area contributed by atoms with Crippen molar-refractivity contribution >= 4 is 11.2 Å². The maximum atomic E-state index is 14.6. The Morgan fingerprint density at radius 1 is 1.20 bits per heavy atom. The Bertz CT molecular complexity index is 1210. The standard InChI is InChI=1S/C20H22FN7O2/c1-20(2,3)12-9-14-18(24-19(12)30-10-16-22-11-23-27(16)4)28(26-25-14)17-13(21)7-6-8-15(17)29-5/h6-9,11H,10H2,1-5H3. The highest BCUT2D eigenvalue weighted by Gasteiger charge is 2.25. The van der Waals surface area contributed by atoms with Crippen molar-refractivity contribution in [3.8, 4) is 17.3 Å². The van der Waals surface area contributed by atoms with E-state index in [1.807, 2.05) is 6.07 Å². The molecule has 0 saturated heterocycles. The van der Waals surface area contributed by atoms with Gasteiger partial charge in [0.2, 0.25) is 5.88 Å². The number of hydrogen-bond donors (Lipinski definition) is 0. The first kappa shape index (κ1) is 19.7. The first-order chi connectivity index (χ1) is 14.3. The average molecular weight is 411 g/mol. The zero-order valence-electron chi connectivity index (χ0n) is 17.4. The monoisotopic (exact) mass is 411 g/mol. The number of rotatable bonds is 5. The van der Waals surface area contributed by atoms with E-state index < -0.39 is 5.82 Å². The van der Waals surface area contributed by atoms with Crippen LogP contribution >= 0.6 is 0 Å². The normalized spacial score (nSPS) is 11.8. The minimum Gasteiger partial charge on any atom is -0.494 e. The Hall–Kier alpha value is -3.56. The number of para-hydroxylation sites is 1. The van der Waals surface area contributed by atoms with Crippen molar-refractivity contribution < 1.29 is 13.9 Å². The molecule has 0 saturated carbocycles. The summed E-state index contributed by atoms with van der Waals surface area (Å²) in [4.78, 5) is 8.84. The number of aromatic nitrogens is 7. The van der Waals surface area contributed by atoms with Crippen LogP contribution in [0.1, 0.15) is 32.2 Å². The summed E-state index contributed by atoms with van der Waals surface area (Å²) in [6, 6.07) is 6.42. The highest BCUT2D eigenvalue weighted by atomic mass is 19.1. The second-order valence-corrected chi connectivity index (χ2v) is 7.81. The topological polar surface area (TPSA) is 92.8 Å². The molecule has 10 heteroatoms. The fourth-order valence-corrected chi connectivity index (χ4v) is 3.09. The third kappa shape index (κ3) is 3.44. The zero-order chi connectivity index (χ0) is 21.5. The molecule has 0 spiro atoms. The van der Waals surface area contributed by atoms with E-state index in [0.29, 0.717) is 28.6 Å². The van der Waals surface area contributed by atoms with Gasteiger partial charge in [0, 0.05) is 12.6 Å². The number of halogens is 1. The third-order valence-corrected chi connectivity index (χ3v) is 4.72. The minimum absolute atomic E-state index is 0.137. The predicted octanol–water partition coefficient (Wildman–Crippen LogP) is 2.97. The van der Waals surface area contributed by atoms with Crippen molar-refractivity contribution in [1.82, 2.24) is 34.7 Å². The van der Waals surface area contributed by atoms with E-state index in [9.17, 15) is 4.39 Å². The molecular weight excluding hydrogens is 389 g/mol. The van der Waals surface area contributed by atoms with Crippen LogP contribution in [0.4, 0.5) is 4.39 Å². The lowest BCUT2D eigenvalue weighted by atomic mass is 9.87. The lowest BCUT2D eigenvalue weighted by Gasteiger charge is -2.21. The fraction of sp³-hybridized carbons (Fsp3) is 0.350. The summed E-state index contributed by atoms with van der Waals surface area (Å²) >= 11 is 0.